The predicted octanol–water partition coefficient (Wildman–Crippen LogP) is 4.47. The summed E-state index contributed by atoms with van der Waals surface area (Å²) < 4.78 is 1.13. The van der Waals surface area contributed by atoms with Crippen molar-refractivity contribution >= 4 is 38.5 Å². The molecule has 0 saturated carbocycles. The lowest BCUT2D eigenvalue weighted by Crippen LogP contribution is -2.39. The third-order valence-corrected chi connectivity index (χ3v) is 5.82. The van der Waals surface area contributed by atoms with Crippen LogP contribution in [-0.2, 0) is 0 Å². The molecule has 1 aliphatic rings. The van der Waals surface area contributed by atoms with Crippen LogP contribution < -0.4 is 0 Å². The molecule has 6 heteroatoms. The van der Waals surface area contributed by atoms with Crippen molar-refractivity contribution in [2.45, 2.75) is 25.3 Å². The summed E-state index contributed by atoms with van der Waals surface area (Å²) in [5.74, 6) is 0.955. The molecule has 1 atom stereocenters. The van der Waals surface area contributed by atoms with Crippen molar-refractivity contribution in [1.82, 2.24) is 19.9 Å². The number of H-pyrrole nitrogens is 2. The second-order valence-electron chi connectivity index (χ2n) is 6.53. The highest BCUT2D eigenvalue weighted by molar-refractivity contribution is 7.17. The van der Waals surface area contributed by atoms with E-state index in [9.17, 15) is 4.79 Å². The molecule has 1 saturated heterocycles. The number of hydrogen-bond acceptors (Lipinski definition) is 3. The zero-order chi connectivity index (χ0) is 16.8. The lowest BCUT2D eigenvalue weighted by Gasteiger charge is -2.34. The number of likely N-dealkylation sites (tertiary alicyclic amines) is 1. The van der Waals surface area contributed by atoms with Gasteiger partial charge < -0.3 is 14.9 Å². The van der Waals surface area contributed by atoms with Crippen LogP contribution in [0.4, 0.5) is 0 Å². The minimum Gasteiger partial charge on any atom is -0.350 e. The van der Waals surface area contributed by atoms with Crippen LogP contribution in [0.15, 0.2) is 41.8 Å². The fraction of sp³-hybridized carbons (Fsp3) is 0.263. The van der Waals surface area contributed by atoms with Crippen LogP contribution in [0.1, 0.15) is 41.6 Å². The summed E-state index contributed by atoms with van der Waals surface area (Å²) in [5, 5.41) is 2.04. The van der Waals surface area contributed by atoms with Gasteiger partial charge in [-0.3, -0.25) is 4.79 Å². The van der Waals surface area contributed by atoms with E-state index in [4.69, 9.17) is 4.98 Å². The van der Waals surface area contributed by atoms with Gasteiger partial charge in [-0.1, -0.05) is 12.1 Å². The number of piperidine rings is 1. The van der Waals surface area contributed by atoms with Crippen molar-refractivity contribution < 1.29 is 4.79 Å². The largest absolute Gasteiger partial charge is 0.350 e. The second kappa shape index (κ2) is 5.74. The molecule has 1 amide bonds. The van der Waals surface area contributed by atoms with Gasteiger partial charge in [-0.15, -0.1) is 11.3 Å². The maximum absolute atomic E-state index is 13.1. The van der Waals surface area contributed by atoms with Crippen LogP contribution in [-0.4, -0.2) is 32.3 Å². The van der Waals surface area contributed by atoms with Gasteiger partial charge in [-0.05, 0) is 48.9 Å². The molecule has 0 bridgehead atoms. The van der Waals surface area contributed by atoms with Crippen molar-refractivity contribution in [2.24, 2.45) is 0 Å². The number of thiophene rings is 1. The first-order valence-corrected chi connectivity index (χ1v) is 9.49. The van der Waals surface area contributed by atoms with Gasteiger partial charge in [-0.25, -0.2) is 4.98 Å². The Hall–Kier alpha value is -2.60. The Morgan fingerprint density at radius 3 is 2.96 bits per heavy atom. The Morgan fingerprint density at radius 2 is 2.08 bits per heavy atom. The van der Waals surface area contributed by atoms with Crippen molar-refractivity contribution in [1.29, 1.82) is 0 Å². The van der Waals surface area contributed by atoms with E-state index in [1.807, 2.05) is 46.7 Å². The van der Waals surface area contributed by atoms with Crippen LogP contribution in [0, 0.1) is 0 Å². The summed E-state index contributed by atoms with van der Waals surface area (Å²) in [6, 6.07) is 12.0. The number of fused-ring (bicyclic) bond motifs is 2. The molecule has 1 aliphatic heterocycles. The number of benzene rings is 1. The number of para-hydroxylation sites is 2. The number of nitrogens with zero attached hydrogens (tertiary/aromatic N) is 2. The summed E-state index contributed by atoms with van der Waals surface area (Å²) in [4.78, 5) is 26.5. The molecule has 0 aliphatic carbocycles. The average molecular weight is 350 g/mol. The predicted molar refractivity (Wildman–Crippen MR) is 99.9 cm³/mol. The normalized spacial score (nSPS) is 18.2. The minimum atomic E-state index is 0.00925. The fourth-order valence-corrected chi connectivity index (χ4v) is 4.49. The van der Waals surface area contributed by atoms with Gasteiger partial charge >= 0.3 is 0 Å². The van der Waals surface area contributed by atoms with E-state index in [0.29, 0.717) is 5.69 Å². The number of carbonyl (C=O) groups excluding carboxylic acids is 1. The maximum atomic E-state index is 13.1. The number of hydrogen-bond donors (Lipinski definition) is 2. The van der Waals surface area contributed by atoms with E-state index < -0.39 is 0 Å². The molecular weight excluding hydrogens is 332 g/mol. The molecule has 126 valence electrons. The average Bonchev–Trinajstić information content (AvgIpc) is 3.34. The van der Waals surface area contributed by atoms with E-state index in [2.05, 4.69) is 9.97 Å². The van der Waals surface area contributed by atoms with Crippen LogP contribution in [0.25, 0.3) is 21.3 Å². The van der Waals surface area contributed by atoms with Crippen LogP contribution in [0.5, 0.6) is 0 Å². The number of aromatic amines is 2. The highest BCUT2D eigenvalue weighted by Gasteiger charge is 2.31. The van der Waals surface area contributed by atoms with Crippen molar-refractivity contribution in [2.75, 3.05) is 6.54 Å². The molecule has 3 aromatic heterocycles. The highest BCUT2D eigenvalue weighted by atomic mass is 32.1. The molecule has 0 radical (unpaired) electrons. The lowest BCUT2D eigenvalue weighted by atomic mass is 10.0. The van der Waals surface area contributed by atoms with Gasteiger partial charge in [0.15, 0.2) is 0 Å². The molecule has 25 heavy (non-hydrogen) atoms. The molecule has 1 fully saturated rings. The Labute approximate surface area is 148 Å². The van der Waals surface area contributed by atoms with E-state index in [-0.39, 0.29) is 11.9 Å². The number of rotatable bonds is 2. The van der Waals surface area contributed by atoms with E-state index in [0.717, 1.165) is 52.9 Å². The lowest BCUT2D eigenvalue weighted by molar-refractivity contribution is 0.0596. The molecule has 0 spiro atoms. The SMILES string of the molecule is O=C(c1cc2sccc2[nH]1)N1CCCCC1c1nc2ccccc2[nH]1. The number of amides is 1. The Bertz CT molecular complexity index is 998. The number of imidazole rings is 1. The summed E-state index contributed by atoms with van der Waals surface area (Å²) >= 11 is 1.65. The zero-order valence-electron chi connectivity index (χ0n) is 13.7. The quantitative estimate of drug-likeness (QED) is 0.560. The summed E-state index contributed by atoms with van der Waals surface area (Å²) in [6.45, 7) is 0.771. The van der Waals surface area contributed by atoms with Crippen LogP contribution in [0.2, 0.25) is 0 Å². The molecule has 5 rings (SSSR count). The number of nitrogens with one attached hydrogen (secondary N) is 2. The number of aromatic nitrogens is 3. The van der Waals surface area contributed by atoms with Crippen LogP contribution >= 0.6 is 11.3 Å². The van der Waals surface area contributed by atoms with Gasteiger partial charge in [0, 0.05) is 6.54 Å². The Morgan fingerprint density at radius 1 is 1.16 bits per heavy atom. The molecule has 1 aromatic carbocycles. The summed E-state index contributed by atoms with van der Waals surface area (Å²) in [7, 11) is 0. The molecular formula is C19H18N4OS. The fourth-order valence-electron chi connectivity index (χ4n) is 3.71. The van der Waals surface area contributed by atoms with Gasteiger partial charge in [0.05, 0.1) is 27.3 Å². The zero-order valence-corrected chi connectivity index (χ0v) is 14.5. The van der Waals surface area contributed by atoms with Gasteiger partial charge in [0.25, 0.3) is 5.91 Å². The van der Waals surface area contributed by atoms with E-state index in [1.165, 1.54) is 0 Å². The first-order chi connectivity index (χ1) is 12.3. The van der Waals surface area contributed by atoms with Crippen LogP contribution in [0.3, 0.4) is 0 Å². The Kier molecular flexibility index (Phi) is 3.38. The van der Waals surface area contributed by atoms with Crippen molar-refractivity contribution in [3.05, 3.63) is 53.3 Å². The van der Waals surface area contributed by atoms with Crippen molar-refractivity contribution in [3.63, 3.8) is 0 Å². The number of carbonyl (C=O) groups is 1. The van der Waals surface area contributed by atoms with Gasteiger partial charge in [-0.2, -0.15) is 0 Å². The molecule has 1 unspecified atom stereocenters. The monoisotopic (exact) mass is 350 g/mol. The summed E-state index contributed by atoms with van der Waals surface area (Å²) in [5.41, 5.74) is 3.68. The first-order valence-electron chi connectivity index (χ1n) is 8.61. The smallest absolute Gasteiger partial charge is 0.270 e. The summed E-state index contributed by atoms with van der Waals surface area (Å²) in [6.07, 6.45) is 3.10. The van der Waals surface area contributed by atoms with Gasteiger partial charge in [0.2, 0.25) is 0 Å². The molecule has 4 heterocycles. The second-order valence-corrected chi connectivity index (χ2v) is 7.48. The maximum Gasteiger partial charge on any atom is 0.270 e. The molecule has 5 nitrogen and oxygen atoms in total. The molecule has 4 aromatic rings. The molecule has 2 N–H and O–H groups in total. The van der Waals surface area contributed by atoms with Gasteiger partial charge in [0.1, 0.15) is 11.5 Å². The third kappa shape index (κ3) is 2.44. The highest BCUT2D eigenvalue weighted by Crippen LogP contribution is 2.32. The first kappa shape index (κ1) is 14.7. The standard InChI is InChI=1S/C19H18N4OS/c24-19(15-11-17-14(20-15)8-10-25-17)23-9-4-3-7-16(23)18-21-12-5-1-2-6-13(12)22-18/h1-2,5-6,8,10-11,16,20H,3-4,7,9H2,(H,21,22). The topological polar surface area (TPSA) is 64.8 Å². The van der Waals surface area contributed by atoms with E-state index >= 15 is 0 Å². The minimum absolute atomic E-state index is 0.00925. The Balaban J connectivity index is 1.51. The third-order valence-electron chi connectivity index (χ3n) is 4.96. The van der Waals surface area contributed by atoms with Crippen molar-refractivity contribution in [3.8, 4) is 0 Å². The van der Waals surface area contributed by atoms with E-state index in [1.54, 1.807) is 11.3 Å².